The second kappa shape index (κ2) is 6.05. The highest BCUT2D eigenvalue weighted by Crippen LogP contribution is 2.39. The van der Waals surface area contributed by atoms with E-state index in [2.05, 4.69) is 30.7 Å². The first-order valence-electron chi connectivity index (χ1n) is 8.90. The van der Waals surface area contributed by atoms with Crippen LogP contribution in [0.4, 0.5) is 5.82 Å². The molecule has 5 rings (SSSR count). The summed E-state index contributed by atoms with van der Waals surface area (Å²) < 4.78 is 0. The van der Waals surface area contributed by atoms with Crippen LogP contribution in [0.2, 0.25) is 0 Å². The highest BCUT2D eigenvalue weighted by Gasteiger charge is 2.44. The molecule has 26 heavy (non-hydrogen) atoms. The van der Waals surface area contributed by atoms with E-state index in [9.17, 15) is 4.79 Å². The van der Waals surface area contributed by atoms with Gasteiger partial charge in [0.15, 0.2) is 0 Å². The van der Waals surface area contributed by atoms with Crippen molar-refractivity contribution < 1.29 is 4.79 Å². The van der Waals surface area contributed by atoms with Crippen molar-refractivity contribution in [2.75, 3.05) is 18.4 Å². The van der Waals surface area contributed by atoms with Crippen LogP contribution in [-0.4, -0.2) is 55.3 Å². The zero-order chi connectivity index (χ0) is 17.5. The Kier molecular flexibility index (Phi) is 3.55. The van der Waals surface area contributed by atoms with Crippen LogP contribution in [0.25, 0.3) is 11.0 Å². The Morgan fingerprint density at radius 1 is 1.15 bits per heavy atom. The number of fused-ring (bicyclic) bond motifs is 2. The Bertz CT molecular complexity index is 941. The molecule has 2 aliphatic rings. The van der Waals surface area contributed by atoms with Gasteiger partial charge in [-0.3, -0.25) is 9.78 Å². The van der Waals surface area contributed by atoms with Crippen molar-refractivity contribution in [2.45, 2.75) is 18.9 Å². The molecule has 1 saturated carbocycles. The number of aromatic amines is 1. The number of H-pyrrole nitrogens is 1. The van der Waals surface area contributed by atoms with Crippen LogP contribution < -0.4 is 5.32 Å². The lowest BCUT2D eigenvalue weighted by Gasteiger charge is -2.22. The zero-order valence-electron chi connectivity index (χ0n) is 14.2. The van der Waals surface area contributed by atoms with Crippen molar-refractivity contribution in [1.29, 1.82) is 0 Å². The monoisotopic (exact) mass is 349 g/mol. The van der Waals surface area contributed by atoms with Gasteiger partial charge >= 0.3 is 0 Å². The van der Waals surface area contributed by atoms with E-state index < -0.39 is 0 Å². The van der Waals surface area contributed by atoms with Crippen LogP contribution in [0, 0.1) is 11.8 Å². The van der Waals surface area contributed by atoms with Gasteiger partial charge in [0.25, 0.3) is 5.91 Å². The number of nitrogens with one attached hydrogen (secondary N) is 2. The molecule has 1 aliphatic heterocycles. The van der Waals surface area contributed by atoms with Crippen LogP contribution in [0.5, 0.6) is 0 Å². The number of amides is 1. The van der Waals surface area contributed by atoms with Gasteiger partial charge in [-0.05, 0) is 37.0 Å². The number of likely N-dealkylation sites (tertiary alicyclic amines) is 1. The summed E-state index contributed by atoms with van der Waals surface area (Å²) in [5.74, 6) is 1.88. The van der Waals surface area contributed by atoms with E-state index in [0.717, 1.165) is 42.8 Å². The summed E-state index contributed by atoms with van der Waals surface area (Å²) in [6.45, 7) is 1.59. The molecule has 1 aromatic carbocycles. The Morgan fingerprint density at radius 2 is 2.08 bits per heavy atom. The van der Waals surface area contributed by atoms with Crippen molar-refractivity contribution in [2.24, 2.45) is 11.8 Å². The normalized spacial score (nSPS) is 24.8. The maximum atomic E-state index is 12.9. The van der Waals surface area contributed by atoms with Gasteiger partial charge in [0.1, 0.15) is 16.9 Å². The first-order chi connectivity index (χ1) is 12.8. The minimum atomic E-state index is 0.0718. The lowest BCUT2D eigenvalue weighted by atomic mass is 9.98. The molecule has 8 heteroatoms. The predicted octanol–water partition coefficient (Wildman–Crippen LogP) is 1.71. The summed E-state index contributed by atoms with van der Waals surface area (Å²) in [6, 6.07) is 5.82. The number of carbonyl (C=O) groups excluding carboxylic acids is 1. The lowest BCUT2D eigenvalue weighted by Crippen LogP contribution is -2.33. The number of aromatic nitrogens is 5. The van der Waals surface area contributed by atoms with E-state index in [1.165, 1.54) is 0 Å². The van der Waals surface area contributed by atoms with Gasteiger partial charge in [-0.15, -0.1) is 0 Å². The first-order valence-corrected chi connectivity index (χ1v) is 8.90. The van der Waals surface area contributed by atoms with Crippen molar-refractivity contribution >= 4 is 22.8 Å². The SMILES string of the molecule is O=C(c1ccc2n[nH]nc2c1)N1C[C@H]2CC[C@@H](Nc3cnccn3)[C@H]2C1. The van der Waals surface area contributed by atoms with Crippen LogP contribution >= 0.6 is 0 Å². The highest BCUT2D eigenvalue weighted by atomic mass is 16.2. The fourth-order valence-corrected chi connectivity index (χ4v) is 4.33. The van der Waals surface area contributed by atoms with Gasteiger partial charge in [-0.2, -0.15) is 15.4 Å². The third-order valence-corrected chi connectivity index (χ3v) is 5.60. The lowest BCUT2D eigenvalue weighted by molar-refractivity contribution is 0.0780. The van der Waals surface area contributed by atoms with Crippen LogP contribution in [0.1, 0.15) is 23.2 Å². The van der Waals surface area contributed by atoms with E-state index in [4.69, 9.17) is 0 Å². The van der Waals surface area contributed by atoms with E-state index in [-0.39, 0.29) is 5.91 Å². The molecular weight excluding hydrogens is 330 g/mol. The minimum absolute atomic E-state index is 0.0718. The maximum absolute atomic E-state index is 12.9. The average Bonchev–Trinajstić information content (AvgIpc) is 3.38. The molecule has 0 spiro atoms. The van der Waals surface area contributed by atoms with Crippen molar-refractivity contribution in [3.8, 4) is 0 Å². The van der Waals surface area contributed by atoms with Gasteiger partial charge < -0.3 is 10.2 Å². The molecule has 0 radical (unpaired) electrons. The average molecular weight is 349 g/mol. The number of anilines is 1. The van der Waals surface area contributed by atoms with Crippen molar-refractivity contribution in [3.63, 3.8) is 0 Å². The first kappa shape index (κ1) is 15.2. The molecule has 3 aromatic rings. The standard InChI is InChI=1S/C18H19N7O/c26-18(11-1-4-15-16(7-11)23-24-22-15)25-9-12-2-3-14(13(12)10-25)21-17-8-19-5-6-20-17/h1,4-8,12-14H,2-3,9-10H2,(H,20,21)(H,22,23,24)/t12-,13+,14-/m1/s1. The summed E-state index contributed by atoms with van der Waals surface area (Å²) in [7, 11) is 0. The van der Waals surface area contributed by atoms with Gasteiger partial charge in [0.05, 0.1) is 6.20 Å². The second-order valence-electron chi connectivity index (χ2n) is 7.08. The maximum Gasteiger partial charge on any atom is 0.253 e. The zero-order valence-corrected chi connectivity index (χ0v) is 14.2. The fourth-order valence-electron chi connectivity index (χ4n) is 4.33. The largest absolute Gasteiger partial charge is 0.366 e. The molecular formula is C18H19N7O. The molecule has 8 nitrogen and oxygen atoms in total. The predicted molar refractivity (Wildman–Crippen MR) is 95.4 cm³/mol. The Morgan fingerprint density at radius 3 is 2.96 bits per heavy atom. The summed E-state index contributed by atoms with van der Waals surface area (Å²) in [5.41, 5.74) is 2.16. The molecule has 2 aromatic heterocycles. The summed E-state index contributed by atoms with van der Waals surface area (Å²) >= 11 is 0. The van der Waals surface area contributed by atoms with E-state index in [1.54, 1.807) is 18.6 Å². The van der Waals surface area contributed by atoms with Crippen molar-refractivity contribution in [3.05, 3.63) is 42.4 Å². The smallest absolute Gasteiger partial charge is 0.253 e. The molecule has 1 aliphatic carbocycles. The number of benzene rings is 1. The Labute approximate surface area is 150 Å². The molecule has 1 saturated heterocycles. The molecule has 3 heterocycles. The van der Waals surface area contributed by atoms with Crippen LogP contribution in [0.15, 0.2) is 36.8 Å². The van der Waals surface area contributed by atoms with Gasteiger partial charge in [0.2, 0.25) is 0 Å². The van der Waals surface area contributed by atoms with Gasteiger partial charge in [-0.25, -0.2) is 4.98 Å². The van der Waals surface area contributed by atoms with E-state index >= 15 is 0 Å². The number of rotatable bonds is 3. The van der Waals surface area contributed by atoms with E-state index in [1.807, 2.05) is 23.1 Å². The van der Waals surface area contributed by atoms with Gasteiger partial charge in [0, 0.05) is 43.0 Å². The molecule has 2 N–H and O–H groups in total. The quantitative estimate of drug-likeness (QED) is 0.747. The van der Waals surface area contributed by atoms with E-state index in [0.29, 0.717) is 23.4 Å². The molecule has 1 amide bonds. The number of nitrogens with zero attached hydrogens (tertiary/aromatic N) is 5. The number of hydrogen-bond acceptors (Lipinski definition) is 6. The third kappa shape index (κ3) is 2.58. The van der Waals surface area contributed by atoms with Crippen LogP contribution in [0.3, 0.4) is 0 Å². The summed E-state index contributed by atoms with van der Waals surface area (Å²) in [6.07, 6.45) is 7.36. The Balaban J connectivity index is 1.31. The van der Waals surface area contributed by atoms with Crippen molar-refractivity contribution in [1.82, 2.24) is 30.3 Å². The number of carbonyl (C=O) groups is 1. The highest BCUT2D eigenvalue weighted by molar-refractivity contribution is 5.97. The van der Waals surface area contributed by atoms with Crippen LogP contribution in [-0.2, 0) is 0 Å². The molecule has 132 valence electrons. The molecule has 0 bridgehead atoms. The topological polar surface area (TPSA) is 99.7 Å². The third-order valence-electron chi connectivity index (χ3n) is 5.60. The molecule has 3 atom stereocenters. The minimum Gasteiger partial charge on any atom is -0.366 e. The second-order valence-corrected chi connectivity index (χ2v) is 7.08. The Hall–Kier alpha value is -3.03. The fraction of sp³-hybridized carbons (Fsp3) is 0.389. The number of hydrogen-bond donors (Lipinski definition) is 2. The molecule has 2 fully saturated rings. The summed E-state index contributed by atoms with van der Waals surface area (Å²) in [4.78, 5) is 23.3. The van der Waals surface area contributed by atoms with Gasteiger partial charge in [-0.1, -0.05) is 0 Å². The summed E-state index contributed by atoms with van der Waals surface area (Å²) in [5, 5.41) is 14.2. The molecule has 0 unspecified atom stereocenters.